The highest BCUT2D eigenvalue weighted by molar-refractivity contribution is 7.91. The number of ether oxygens (including phenoxy) is 2. The number of aryl methyl sites for hydroxylation is 2. The largest absolute Gasteiger partial charge is 0.611 e. The molecule has 4 rings (SSSR count). The second-order valence-corrected chi connectivity index (χ2v) is 9.76. The minimum absolute atomic E-state index is 0.257. The Kier molecular flexibility index (Phi) is 6.89. The van der Waals surface area contributed by atoms with Crippen molar-refractivity contribution in [1.82, 2.24) is 9.55 Å². The van der Waals surface area contributed by atoms with Gasteiger partial charge in [-0.15, -0.1) is 0 Å². The second-order valence-electron chi connectivity index (χ2n) is 7.83. The van der Waals surface area contributed by atoms with Crippen LogP contribution in [0.1, 0.15) is 17.7 Å². The molecule has 1 unspecified atom stereocenters. The summed E-state index contributed by atoms with van der Waals surface area (Å²) < 4.78 is 27.5. The van der Waals surface area contributed by atoms with E-state index in [1.807, 2.05) is 42.0 Å². The molecule has 164 valence electrons. The van der Waals surface area contributed by atoms with Crippen LogP contribution in [0.4, 0.5) is 5.69 Å². The average Bonchev–Trinajstić information content (AvgIpc) is 3.34. The van der Waals surface area contributed by atoms with E-state index in [0.717, 1.165) is 22.6 Å². The predicted octanol–water partition coefficient (Wildman–Crippen LogP) is 3.98. The maximum atomic E-state index is 12.8. The Balaban J connectivity index is 1.46. The summed E-state index contributed by atoms with van der Waals surface area (Å²) in [7, 11) is 0. The van der Waals surface area contributed by atoms with E-state index >= 15 is 0 Å². The van der Waals surface area contributed by atoms with Gasteiger partial charge in [-0.2, -0.15) is 0 Å². The number of nitrogen functional groups attached to an aromatic ring is 1. The minimum Gasteiger partial charge on any atom is -0.611 e. The van der Waals surface area contributed by atoms with Crippen molar-refractivity contribution < 1.29 is 14.0 Å². The van der Waals surface area contributed by atoms with Gasteiger partial charge in [0.15, 0.2) is 10.7 Å². The summed E-state index contributed by atoms with van der Waals surface area (Å²) in [4.78, 5) is 4.95. The third kappa shape index (κ3) is 5.61. The van der Waals surface area contributed by atoms with Crippen molar-refractivity contribution in [3.05, 3.63) is 77.3 Å². The molecular formula is C23H26ClN3O3S. The number of nitrogens with zero attached hydrogens (tertiary/aromatic N) is 2. The number of nitrogens with two attached hydrogens (primary N) is 1. The Morgan fingerprint density at radius 2 is 1.97 bits per heavy atom. The summed E-state index contributed by atoms with van der Waals surface area (Å²) in [5, 5.41) is 0.714. The van der Waals surface area contributed by atoms with Crippen LogP contribution in [-0.4, -0.2) is 38.4 Å². The molecule has 2 aromatic carbocycles. The lowest BCUT2D eigenvalue weighted by atomic mass is 10.0. The van der Waals surface area contributed by atoms with Crippen LogP contribution in [-0.2, 0) is 33.6 Å². The Morgan fingerprint density at radius 1 is 1.23 bits per heavy atom. The number of rotatable bonds is 8. The van der Waals surface area contributed by atoms with Crippen molar-refractivity contribution in [2.75, 3.05) is 18.1 Å². The quantitative estimate of drug-likeness (QED) is 0.406. The highest BCUT2D eigenvalue weighted by Crippen LogP contribution is 2.32. The second kappa shape index (κ2) is 9.63. The first-order valence-corrected chi connectivity index (χ1v) is 11.9. The van der Waals surface area contributed by atoms with Crippen LogP contribution in [0, 0.1) is 6.92 Å². The van der Waals surface area contributed by atoms with Gasteiger partial charge in [-0.1, -0.05) is 23.7 Å². The van der Waals surface area contributed by atoms with Crippen molar-refractivity contribution in [2.24, 2.45) is 0 Å². The third-order valence-corrected chi connectivity index (χ3v) is 7.16. The van der Waals surface area contributed by atoms with Gasteiger partial charge >= 0.3 is 0 Å². The smallest absolute Gasteiger partial charge is 0.187 e. The summed E-state index contributed by atoms with van der Waals surface area (Å²) >= 11 is 4.82. The van der Waals surface area contributed by atoms with E-state index in [0.29, 0.717) is 36.0 Å². The standard InChI is InChI=1S/C23H26ClN3O3S/c1-17-12-26-16-27(17)15-23(11-10-18-2-4-19(24)5-3-18)29-13-21(30-23)14-31(28)22-8-6-20(25)7-9-22/h2-9,12,16,21H,10-11,13-15,25H2,1H3/t21-,23-,31?/m0/s1. The Labute approximate surface area is 190 Å². The van der Waals surface area contributed by atoms with Crippen molar-refractivity contribution >= 4 is 28.5 Å². The molecule has 0 saturated carbocycles. The predicted molar refractivity (Wildman–Crippen MR) is 122 cm³/mol. The summed E-state index contributed by atoms with van der Waals surface area (Å²) in [6.45, 7) is 2.93. The summed E-state index contributed by atoms with van der Waals surface area (Å²) in [6.07, 6.45) is 4.78. The molecule has 6 nitrogen and oxygen atoms in total. The molecule has 2 N–H and O–H groups in total. The highest BCUT2D eigenvalue weighted by atomic mass is 35.5. The first kappa shape index (κ1) is 22.2. The molecule has 0 radical (unpaired) electrons. The first-order chi connectivity index (χ1) is 14.9. The van der Waals surface area contributed by atoms with E-state index in [1.54, 1.807) is 30.6 Å². The average molecular weight is 460 g/mol. The molecule has 0 amide bonds. The van der Waals surface area contributed by atoms with E-state index < -0.39 is 17.0 Å². The zero-order valence-corrected chi connectivity index (χ0v) is 18.9. The number of halogens is 1. The van der Waals surface area contributed by atoms with Gasteiger partial charge in [-0.05, 0) is 66.5 Å². The van der Waals surface area contributed by atoms with E-state index in [-0.39, 0.29) is 6.10 Å². The lowest BCUT2D eigenvalue weighted by Gasteiger charge is -2.29. The molecule has 3 aromatic rings. The first-order valence-electron chi connectivity index (χ1n) is 10.2. The van der Waals surface area contributed by atoms with Gasteiger partial charge < -0.3 is 24.3 Å². The number of hydrogen-bond acceptors (Lipinski definition) is 5. The van der Waals surface area contributed by atoms with Gasteiger partial charge in [-0.25, -0.2) is 4.98 Å². The lowest BCUT2D eigenvalue weighted by Crippen LogP contribution is -2.38. The van der Waals surface area contributed by atoms with E-state index in [4.69, 9.17) is 26.8 Å². The molecule has 31 heavy (non-hydrogen) atoms. The number of imidazole rings is 1. The maximum absolute atomic E-state index is 12.8. The summed E-state index contributed by atoms with van der Waals surface area (Å²) in [6, 6.07) is 14.9. The minimum atomic E-state index is -1.19. The van der Waals surface area contributed by atoms with Crippen LogP contribution >= 0.6 is 11.6 Å². The molecule has 1 saturated heterocycles. The van der Waals surface area contributed by atoms with Crippen LogP contribution in [0.5, 0.6) is 0 Å². The van der Waals surface area contributed by atoms with Gasteiger partial charge in [0.05, 0.1) is 19.5 Å². The fourth-order valence-corrected chi connectivity index (χ4v) is 4.93. The monoisotopic (exact) mass is 459 g/mol. The Hall–Kier alpha value is -2.03. The number of benzene rings is 2. The number of anilines is 1. The van der Waals surface area contributed by atoms with Gasteiger partial charge in [0.1, 0.15) is 11.9 Å². The van der Waals surface area contributed by atoms with E-state index in [1.165, 1.54) is 0 Å². The fraction of sp³-hybridized carbons (Fsp3) is 0.348. The molecule has 1 aliphatic heterocycles. The molecule has 1 fully saturated rings. The van der Waals surface area contributed by atoms with Crippen LogP contribution in [0.3, 0.4) is 0 Å². The van der Waals surface area contributed by atoms with Crippen LogP contribution in [0.2, 0.25) is 5.02 Å². The van der Waals surface area contributed by atoms with Crippen molar-refractivity contribution in [3.63, 3.8) is 0 Å². The molecule has 0 aliphatic carbocycles. The number of hydrogen-bond donors (Lipinski definition) is 1. The Bertz CT molecular complexity index is 996. The van der Waals surface area contributed by atoms with Gasteiger partial charge in [-0.3, -0.25) is 0 Å². The topological polar surface area (TPSA) is 85.4 Å². The van der Waals surface area contributed by atoms with Crippen molar-refractivity contribution in [1.29, 1.82) is 0 Å². The van der Waals surface area contributed by atoms with Crippen LogP contribution in [0.25, 0.3) is 0 Å². The van der Waals surface area contributed by atoms with Crippen molar-refractivity contribution in [2.45, 2.75) is 43.1 Å². The molecule has 8 heteroatoms. The molecule has 0 spiro atoms. The normalized spacial score (nSPS) is 22.0. The van der Waals surface area contributed by atoms with E-state index in [2.05, 4.69) is 4.98 Å². The molecule has 2 heterocycles. The third-order valence-electron chi connectivity index (χ3n) is 5.43. The zero-order chi connectivity index (χ0) is 21.8. The maximum Gasteiger partial charge on any atom is 0.187 e. The SMILES string of the molecule is Cc1cncn1C[C@@]1(CCc2ccc(Cl)cc2)OC[C@@H](C[S+]([O-])c2ccc(N)cc2)O1. The number of aromatic nitrogens is 2. The molecule has 1 aliphatic rings. The molecular weight excluding hydrogens is 434 g/mol. The lowest BCUT2D eigenvalue weighted by molar-refractivity contribution is -0.180. The van der Waals surface area contributed by atoms with Crippen molar-refractivity contribution in [3.8, 4) is 0 Å². The fourth-order valence-electron chi connectivity index (χ4n) is 3.67. The zero-order valence-electron chi connectivity index (χ0n) is 17.4. The molecule has 3 atom stereocenters. The van der Waals surface area contributed by atoms with Gasteiger partial charge in [0, 0.05) is 29.0 Å². The molecule has 1 aromatic heterocycles. The van der Waals surface area contributed by atoms with E-state index in [9.17, 15) is 4.55 Å². The van der Waals surface area contributed by atoms with Gasteiger partial charge in [0.2, 0.25) is 0 Å². The highest BCUT2D eigenvalue weighted by Gasteiger charge is 2.43. The molecule has 0 bridgehead atoms. The van der Waals surface area contributed by atoms with Crippen LogP contribution in [0.15, 0.2) is 66.0 Å². The van der Waals surface area contributed by atoms with Crippen LogP contribution < -0.4 is 5.73 Å². The summed E-state index contributed by atoms with van der Waals surface area (Å²) in [5.74, 6) is -0.434. The van der Waals surface area contributed by atoms with Gasteiger partial charge in [0.25, 0.3) is 0 Å². The Morgan fingerprint density at radius 3 is 2.65 bits per heavy atom. The summed E-state index contributed by atoms with van der Waals surface area (Å²) in [5.41, 5.74) is 8.58.